The molecule has 0 radical (unpaired) electrons. The Kier molecular flexibility index (Phi) is 77.8. The number of amides is 1. The molecule has 0 aromatic heterocycles. The standard InChI is InChI=1S/C84H161NO5/c1-3-5-7-9-11-13-15-17-19-21-22-23-24-35-38-41-45-48-52-56-60-64-68-72-76-82(87)81(80-86)85-83(88)77-73-69-65-61-57-53-49-46-42-39-36-33-31-29-27-25-26-28-30-32-34-37-40-43-47-51-55-59-63-67-71-75-79-90-84(89)78-74-70-66-62-58-54-50-44-20-18-16-14-12-10-8-6-4-2/h18,20,28,30,72,76,81-82,86-87H,3-17,19,21-27,29,31-71,73-75,77-80H2,1-2H3,(H,85,88)/b20-18-,30-28-,76-72+. The van der Waals surface area contributed by atoms with Crippen molar-refractivity contribution in [1.82, 2.24) is 5.32 Å². The molecule has 0 aromatic rings. The molecular weight excluding hydrogens is 1100 g/mol. The summed E-state index contributed by atoms with van der Waals surface area (Å²) in [5.41, 5.74) is 0. The first kappa shape index (κ1) is 88.1. The molecule has 3 N–H and O–H groups in total. The molecule has 6 heteroatoms. The number of allylic oxidation sites excluding steroid dienone is 5. The maximum atomic E-state index is 12.6. The van der Waals surface area contributed by atoms with Crippen molar-refractivity contribution < 1.29 is 24.5 Å². The van der Waals surface area contributed by atoms with E-state index in [1.54, 1.807) is 6.08 Å². The Labute approximate surface area is 564 Å². The van der Waals surface area contributed by atoms with Crippen LogP contribution in [0.4, 0.5) is 0 Å². The van der Waals surface area contributed by atoms with Crippen molar-refractivity contribution in [3.8, 4) is 0 Å². The van der Waals surface area contributed by atoms with Crippen LogP contribution in [0.3, 0.4) is 0 Å². The Hall–Kier alpha value is -1.92. The zero-order valence-corrected chi connectivity index (χ0v) is 61.1. The van der Waals surface area contributed by atoms with E-state index in [1.165, 1.54) is 392 Å². The van der Waals surface area contributed by atoms with Gasteiger partial charge >= 0.3 is 5.97 Å². The first-order valence-corrected chi connectivity index (χ1v) is 41.3. The molecule has 0 bridgehead atoms. The van der Waals surface area contributed by atoms with Crippen molar-refractivity contribution in [3.05, 3.63) is 36.5 Å². The highest BCUT2D eigenvalue weighted by molar-refractivity contribution is 5.76. The highest BCUT2D eigenvalue weighted by atomic mass is 16.5. The van der Waals surface area contributed by atoms with Gasteiger partial charge in [0.15, 0.2) is 0 Å². The molecule has 0 heterocycles. The number of carbonyl (C=O) groups excluding carboxylic acids is 2. The number of hydrogen-bond acceptors (Lipinski definition) is 5. The van der Waals surface area contributed by atoms with Gasteiger partial charge in [-0.15, -0.1) is 0 Å². The van der Waals surface area contributed by atoms with Gasteiger partial charge in [0.05, 0.1) is 25.4 Å². The molecular formula is C84H161NO5. The normalized spacial score (nSPS) is 12.6. The average Bonchev–Trinajstić information content (AvgIpc) is 3.59. The van der Waals surface area contributed by atoms with Crippen molar-refractivity contribution >= 4 is 11.9 Å². The van der Waals surface area contributed by atoms with Gasteiger partial charge in [-0.3, -0.25) is 9.59 Å². The molecule has 2 unspecified atom stereocenters. The summed E-state index contributed by atoms with van der Waals surface area (Å²) in [6.45, 7) is 4.95. The molecule has 532 valence electrons. The van der Waals surface area contributed by atoms with Gasteiger partial charge < -0.3 is 20.3 Å². The van der Waals surface area contributed by atoms with Crippen LogP contribution in [0.5, 0.6) is 0 Å². The molecule has 0 saturated heterocycles. The monoisotopic (exact) mass is 1260 g/mol. The third-order valence-electron chi connectivity index (χ3n) is 19.4. The van der Waals surface area contributed by atoms with Gasteiger partial charge in [-0.05, 0) is 83.5 Å². The molecule has 90 heavy (non-hydrogen) atoms. The fraction of sp³-hybridized carbons (Fsp3) is 0.905. The Bertz CT molecular complexity index is 1460. The number of nitrogens with one attached hydrogen (secondary N) is 1. The Morgan fingerprint density at radius 3 is 0.789 bits per heavy atom. The molecule has 0 aliphatic heterocycles. The van der Waals surface area contributed by atoms with E-state index >= 15 is 0 Å². The number of rotatable bonds is 78. The summed E-state index contributed by atoms with van der Waals surface area (Å²) in [5.74, 6) is -0.0447. The zero-order valence-electron chi connectivity index (χ0n) is 61.1. The molecule has 0 aliphatic carbocycles. The van der Waals surface area contributed by atoms with Crippen molar-refractivity contribution in [2.45, 2.75) is 475 Å². The minimum atomic E-state index is -0.845. The van der Waals surface area contributed by atoms with E-state index in [-0.39, 0.29) is 18.5 Å². The number of aliphatic hydroxyl groups excluding tert-OH is 2. The van der Waals surface area contributed by atoms with E-state index in [9.17, 15) is 19.8 Å². The van der Waals surface area contributed by atoms with Crippen LogP contribution < -0.4 is 5.32 Å². The molecule has 0 aromatic carbocycles. The van der Waals surface area contributed by atoms with Gasteiger partial charge in [0.2, 0.25) is 5.91 Å². The van der Waals surface area contributed by atoms with Crippen molar-refractivity contribution in [2.24, 2.45) is 0 Å². The van der Waals surface area contributed by atoms with Crippen LogP contribution in [0.2, 0.25) is 0 Å². The van der Waals surface area contributed by atoms with Crippen molar-refractivity contribution in [1.29, 1.82) is 0 Å². The summed E-state index contributed by atoms with van der Waals surface area (Å²) in [5, 5.41) is 23.3. The van der Waals surface area contributed by atoms with Crippen molar-refractivity contribution in [2.75, 3.05) is 13.2 Å². The molecule has 0 spiro atoms. The SMILES string of the molecule is CCCCCCCC/C=C\CCCCCCCCCC(=O)OCCCCCCCCCCCCCC/C=C\CCCCCCCCCCCCCCCCCCC(=O)NC(CO)C(O)/C=C/CCCCCCCCCCCCCCCCCCCCCCCC. The van der Waals surface area contributed by atoms with Crippen LogP contribution in [0, 0.1) is 0 Å². The van der Waals surface area contributed by atoms with Crippen LogP contribution in [-0.4, -0.2) is 47.4 Å². The lowest BCUT2D eigenvalue weighted by atomic mass is 10.0. The third kappa shape index (κ3) is 75.1. The van der Waals surface area contributed by atoms with Gasteiger partial charge in [0.1, 0.15) is 0 Å². The summed E-state index contributed by atoms with van der Waals surface area (Å²) in [7, 11) is 0. The Morgan fingerprint density at radius 2 is 0.522 bits per heavy atom. The average molecular weight is 1270 g/mol. The fourth-order valence-corrected chi connectivity index (χ4v) is 13.1. The van der Waals surface area contributed by atoms with Crippen LogP contribution in [0.1, 0.15) is 463 Å². The topological polar surface area (TPSA) is 95.9 Å². The van der Waals surface area contributed by atoms with Gasteiger partial charge in [-0.25, -0.2) is 0 Å². The quantitative estimate of drug-likeness (QED) is 0.0320. The molecule has 0 saturated carbocycles. The minimum absolute atomic E-state index is 0.0155. The number of carbonyl (C=O) groups is 2. The number of esters is 1. The number of aliphatic hydroxyl groups is 2. The predicted molar refractivity (Wildman–Crippen MR) is 398 cm³/mol. The molecule has 2 atom stereocenters. The van der Waals surface area contributed by atoms with E-state index in [0.717, 1.165) is 44.9 Å². The second kappa shape index (κ2) is 79.5. The van der Waals surface area contributed by atoms with Crippen LogP contribution >= 0.6 is 0 Å². The van der Waals surface area contributed by atoms with E-state index < -0.39 is 12.1 Å². The number of ether oxygens (including phenoxy) is 1. The third-order valence-corrected chi connectivity index (χ3v) is 19.4. The molecule has 0 aliphatic rings. The molecule has 0 rings (SSSR count). The summed E-state index contributed by atoms with van der Waals surface area (Å²) < 4.78 is 5.51. The van der Waals surface area contributed by atoms with Gasteiger partial charge in [-0.2, -0.15) is 0 Å². The van der Waals surface area contributed by atoms with Gasteiger partial charge in [0, 0.05) is 12.8 Å². The Morgan fingerprint density at radius 1 is 0.300 bits per heavy atom. The highest BCUT2D eigenvalue weighted by Gasteiger charge is 2.18. The van der Waals surface area contributed by atoms with E-state index in [0.29, 0.717) is 19.4 Å². The largest absolute Gasteiger partial charge is 0.466 e. The van der Waals surface area contributed by atoms with Gasteiger partial charge in [0.25, 0.3) is 0 Å². The molecule has 0 fully saturated rings. The number of unbranched alkanes of at least 4 members (excludes halogenated alkanes) is 63. The van der Waals surface area contributed by atoms with Crippen LogP contribution in [-0.2, 0) is 14.3 Å². The summed E-state index contributed by atoms with van der Waals surface area (Å²) in [6, 6.07) is -0.628. The van der Waals surface area contributed by atoms with E-state index in [1.807, 2.05) is 6.08 Å². The number of hydrogen-bond donors (Lipinski definition) is 3. The van der Waals surface area contributed by atoms with Crippen LogP contribution in [0.25, 0.3) is 0 Å². The maximum Gasteiger partial charge on any atom is 0.305 e. The second-order valence-corrected chi connectivity index (χ2v) is 28.4. The first-order valence-electron chi connectivity index (χ1n) is 41.3. The van der Waals surface area contributed by atoms with Crippen molar-refractivity contribution in [3.63, 3.8) is 0 Å². The maximum absolute atomic E-state index is 12.6. The summed E-state index contributed by atoms with van der Waals surface area (Å²) in [6.07, 6.45) is 104. The van der Waals surface area contributed by atoms with Crippen LogP contribution in [0.15, 0.2) is 36.5 Å². The zero-order chi connectivity index (χ0) is 64.9. The smallest absolute Gasteiger partial charge is 0.305 e. The fourth-order valence-electron chi connectivity index (χ4n) is 13.1. The predicted octanol–water partition coefficient (Wildman–Crippen LogP) is 27.4. The lowest BCUT2D eigenvalue weighted by molar-refractivity contribution is -0.143. The lowest BCUT2D eigenvalue weighted by Crippen LogP contribution is -2.45. The molecule has 6 nitrogen and oxygen atoms in total. The Balaban J connectivity index is 3.38. The second-order valence-electron chi connectivity index (χ2n) is 28.4. The highest BCUT2D eigenvalue weighted by Crippen LogP contribution is 2.20. The van der Waals surface area contributed by atoms with E-state index in [4.69, 9.17) is 4.74 Å². The summed E-state index contributed by atoms with van der Waals surface area (Å²) in [4.78, 5) is 24.7. The molecule has 1 amide bonds. The van der Waals surface area contributed by atoms with E-state index in [2.05, 4.69) is 43.5 Å². The summed E-state index contributed by atoms with van der Waals surface area (Å²) >= 11 is 0. The van der Waals surface area contributed by atoms with Gasteiger partial charge in [-0.1, -0.05) is 403 Å². The lowest BCUT2D eigenvalue weighted by Gasteiger charge is -2.20. The first-order chi connectivity index (χ1) is 44.5. The minimum Gasteiger partial charge on any atom is -0.466 e.